The molecule has 0 heteroatoms. The van der Waals surface area contributed by atoms with Crippen LogP contribution in [0.3, 0.4) is 0 Å². The predicted molar refractivity (Wildman–Crippen MR) is 330 cm³/mol. The van der Waals surface area contributed by atoms with Crippen molar-refractivity contribution in [2.45, 2.75) is 95.8 Å². The Labute approximate surface area is 460 Å². The largest absolute Gasteiger partial charge is 0.0985 e. The van der Waals surface area contributed by atoms with E-state index in [0.29, 0.717) is 0 Å². The Bertz CT molecular complexity index is 3530. The van der Waals surface area contributed by atoms with E-state index in [-0.39, 0.29) is 11.8 Å². The molecule has 0 aliphatic heterocycles. The van der Waals surface area contributed by atoms with Crippen LogP contribution in [0.15, 0.2) is 225 Å². The van der Waals surface area contributed by atoms with Crippen molar-refractivity contribution in [3.8, 4) is 0 Å². The van der Waals surface area contributed by atoms with Crippen molar-refractivity contribution in [2.75, 3.05) is 0 Å². The summed E-state index contributed by atoms with van der Waals surface area (Å²) in [7, 11) is 0. The number of aryl methyl sites for hydroxylation is 5. The predicted octanol–water partition coefficient (Wildman–Crippen LogP) is 19.7. The van der Waals surface area contributed by atoms with Gasteiger partial charge >= 0.3 is 0 Å². The molecule has 0 saturated heterocycles. The molecule has 1 unspecified atom stereocenters. The van der Waals surface area contributed by atoms with Gasteiger partial charge in [0.2, 0.25) is 0 Å². The lowest BCUT2D eigenvalue weighted by Gasteiger charge is -2.20. The minimum atomic E-state index is 0.160. The molecule has 2 aliphatic carbocycles. The monoisotopic (exact) mass is 997 g/mol. The molecule has 0 aromatic heterocycles. The molecule has 2 aliphatic rings. The van der Waals surface area contributed by atoms with Crippen LogP contribution in [0.5, 0.6) is 0 Å². The summed E-state index contributed by atoms with van der Waals surface area (Å²) in [6.45, 7) is 10.3. The zero-order valence-corrected chi connectivity index (χ0v) is 45.1. The second kappa shape index (κ2) is 24.3. The van der Waals surface area contributed by atoms with Crippen LogP contribution in [0.4, 0.5) is 0 Å². The molecule has 0 fully saturated rings. The Morgan fingerprint density at radius 2 is 0.766 bits per heavy atom. The average Bonchev–Trinajstić information content (AvgIpc) is 4.16. The number of benzene rings is 9. The summed E-state index contributed by atoms with van der Waals surface area (Å²) in [6, 6.07) is 80.0. The van der Waals surface area contributed by atoms with Crippen molar-refractivity contribution in [3.63, 3.8) is 0 Å². The maximum Gasteiger partial charge on any atom is 0.0340 e. The standard InChI is InChI=1S/C77H72/c1-4-56-27-22-29-58(45-56)25-11-6-19-37-65-54-75(73-48-64-41-43-69(50-71(64)52-73)77(62-35-17-10-18-36-62)67-39-21-24-55(3)44-67)66(38-20-7-12-26-59-30-23-28-57(5-2)46-59)53-74(65)72-47-63-40-42-68(49-70(63)51-72)76(60-31-13-8-14-32-60)61-33-15-9-16-34-61/h4-5,8-10,13-18,21-24,27-36,39-46,49-54,76-77H,1-2,6-7,11-12,19-20,25-26,37-38,47-48H2,3H3. The third kappa shape index (κ3) is 12.1. The van der Waals surface area contributed by atoms with Gasteiger partial charge < -0.3 is 0 Å². The molecule has 77 heavy (non-hydrogen) atoms. The molecule has 0 amide bonds. The van der Waals surface area contributed by atoms with Gasteiger partial charge in [-0.3, -0.25) is 0 Å². The van der Waals surface area contributed by atoms with Crippen LogP contribution in [0.25, 0.3) is 35.5 Å². The lowest BCUT2D eigenvalue weighted by Crippen LogP contribution is -2.04. The van der Waals surface area contributed by atoms with E-state index in [4.69, 9.17) is 0 Å². The van der Waals surface area contributed by atoms with E-state index in [1.54, 1.807) is 0 Å². The molecule has 9 aromatic carbocycles. The summed E-state index contributed by atoms with van der Waals surface area (Å²) in [5.74, 6) is 0.325. The van der Waals surface area contributed by atoms with Gasteiger partial charge in [-0.15, -0.1) is 0 Å². The Morgan fingerprint density at radius 3 is 1.21 bits per heavy atom. The molecular formula is C77H72. The van der Waals surface area contributed by atoms with Crippen LogP contribution in [-0.4, -0.2) is 0 Å². The minimum Gasteiger partial charge on any atom is -0.0985 e. The van der Waals surface area contributed by atoms with Crippen LogP contribution < -0.4 is 0 Å². The van der Waals surface area contributed by atoms with E-state index in [2.05, 4.69) is 245 Å². The number of hydrogen-bond donors (Lipinski definition) is 0. The van der Waals surface area contributed by atoms with E-state index < -0.39 is 0 Å². The van der Waals surface area contributed by atoms with Crippen LogP contribution in [-0.2, 0) is 38.5 Å². The highest BCUT2D eigenvalue weighted by Crippen LogP contribution is 2.43. The number of rotatable bonds is 22. The highest BCUT2D eigenvalue weighted by atomic mass is 14.3. The quantitative estimate of drug-likeness (QED) is 0.0469. The summed E-state index contributed by atoms with van der Waals surface area (Å²) < 4.78 is 0. The SMILES string of the molecule is C=Cc1cccc(CCCCCc2cc(C3=Cc4cc(C(c5ccccc5)c5cccc(C)c5)ccc4C3)c(CCCCCc3cccc(C=C)c3)cc2C2=Cc3cc(C(c4ccccc4)c4ccccc4)ccc3C2)c1. The van der Waals surface area contributed by atoms with E-state index in [1.165, 1.54) is 143 Å². The van der Waals surface area contributed by atoms with Crippen molar-refractivity contribution in [3.05, 3.63) is 331 Å². The van der Waals surface area contributed by atoms with Crippen LogP contribution >= 0.6 is 0 Å². The highest BCUT2D eigenvalue weighted by molar-refractivity contribution is 5.93. The van der Waals surface area contributed by atoms with Gasteiger partial charge in [-0.25, -0.2) is 0 Å². The average molecular weight is 997 g/mol. The first-order valence-electron chi connectivity index (χ1n) is 28.4. The van der Waals surface area contributed by atoms with Gasteiger partial charge in [0.25, 0.3) is 0 Å². The Hall–Kier alpha value is -8.06. The molecule has 0 nitrogen and oxygen atoms in total. The van der Waals surface area contributed by atoms with Crippen molar-refractivity contribution in [1.29, 1.82) is 0 Å². The Kier molecular flexibility index (Phi) is 16.1. The first kappa shape index (κ1) is 51.1. The van der Waals surface area contributed by atoms with E-state index in [1.807, 2.05) is 12.2 Å². The highest BCUT2D eigenvalue weighted by Gasteiger charge is 2.26. The van der Waals surface area contributed by atoms with Crippen molar-refractivity contribution in [2.24, 2.45) is 0 Å². The first-order chi connectivity index (χ1) is 38.0. The van der Waals surface area contributed by atoms with Crippen LogP contribution in [0.2, 0.25) is 0 Å². The van der Waals surface area contributed by atoms with Crippen molar-refractivity contribution >= 4 is 35.5 Å². The topological polar surface area (TPSA) is 0 Å². The lowest BCUT2D eigenvalue weighted by atomic mass is 9.83. The van der Waals surface area contributed by atoms with Gasteiger partial charge in [0.15, 0.2) is 0 Å². The molecule has 0 bridgehead atoms. The molecule has 0 heterocycles. The van der Waals surface area contributed by atoms with E-state index in [0.717, 1.165) is 51.4 Å². The molecule has 380 valence electrons. The van der Waals surface area contributed by atoms with Crippen LogP contribution in [0.1, 0.15) is 156 Å². The Morgan fingerprint density at radius 1 is 0.364 bits per heavy atom. The van der Waals surface area contributed by atoms with Gasteiger partial charge in [0.1, 0.15) is 0 Å². The van der Waals surface area contributed by atoms with E-state index in [9.17, 15) is 0 Å². The fourth-order valence-corrected chi connectivity index (χ4v) is 12.4. The maximum atomic E-state index is 4.03. The van der Waals surface area contributed by atoms with Crippen molar-refractivity contribution < 1.29 is 0 Å². The molecule has 0 radical (unpaired) electrons. The number of unbranched alkanes of at least 4 members (excludes halogenated alkanes) is 4. The van der Waals surface area contributed by atoms with Crippen molar-refractivity contribution in [1.82, 2.24) is 0 Å². The molecule has 9 aromatic rings. The molecular weight excluding hydrogens is 925 g/mol. The summed E-state index contributed by atoms with van der Waals surface area (Å²) >= 11 is 0. The summed E-state index contributed by atoms with van der Waals surface area (Å²) in [6.07, 6.45) is 22.3. The smallest absolute Gasteiger partial charge is 0.0340 e. The summed E-state index contributed by atoms with van der Waals surface area (Å²) in [4.78, 5) is 0. The fraction of sp³-hybridized carbons (Fsp3) is 0.195. The fourth-order valence-electron chi connectivity index (χ4n) is 12.4. The third-order valence-corrected chi connectivity index (χ3v) is 16.4. The van der Waals surface area contributed by atoms with Gasteiger partial charge in [0, 0.05) is 11.8 Å². The second-order valence-electron chi connectivity index (χ2n) is 21.8. The first-order valence-corrected chi connectivity index (χ1v) is 28.4. The van der Waals surface area contributed by atoms with Crippen LogP contribution in [0, 0.1) is 6.92 Å². The second-order valence-corrected chi connectivity index (χ2v) is 21.8. The lowest BCUT2D eigenvalue weighted by molar-refractivity contribution is 0.673. The zero-order chi connectivity index (χ0) is 52.3. The normalized spacial score (nSPS) is 13.0. The van der Waals surface area contributed by atoms with Gasteiger partial charge in [-0.2, -0.15) is 0 Å². The third-order valence-electron chi connectivity index (χ3n) is 16.4. The zero-order valence-electron chi connectivity index (χ0n) is 45.1. The van der Waals surface area contributed by atoms with Gasteiger partial charge in [-0.1, -0.05) is 268 Å². The van der Waals surface area contributed by atoms with Gasteiger partial charge in [0.05, 0.1) is 0 Å². The number of hydrogen-bond acceptors (Lipinski definition) is 0. The summed E-state index contributed by atoms with van der Waals surface area (Å²) in [5, 5.41) is 0. The summed E-state index contributed by atoms with van der Waals surface area (Å²) in [5.41, 5.74) is 28.9. The molecule has 11 rings (SSSR count). The Balaban J connectivity index is 0.955. The minimum absolute atomic E-state index is 0.160. The molecule has 1 atom stereocenters. The molecule has 0 saturated carbocycles. The van der Waals surface area contributed by atoms with E-state index >= 15 is 0 Å². The molecule has 0 spiro atoms. The molecule has 0 N–H and O–H groups in total. The number of fused-ring (bicyclic) bond motifs is 2. The maximum absolute atomic E-state index is 4.03. The number of allylic oxidation sites excluding steroid dienone is 2. The van der Waals surface area contributed by atoms with Gasteiger partial charge in [-0.05, 0) is 182 Å².